The van der Waals surface area contributed by atoms with Gasteiger partial charge in [0.25, 0.3) is 0 Å². The molecule has 0 bridgehead atoms. The number of aryl methyl sites for hydroxylation is 1. The van der Waals surface area contributed by atoms with Crippen LogP contribution in [-0.4, -0.2) is 39.2 Å². The van der Waals surface area contributed by atoms with E-state index >= 15 is 0 Å². The fourth-order valence-corrected chi connectivity index (χ4v) is 3.67. The predicted octanol–water partition coefficient (Wildman–Crippen LogP) is 2.02. The number of rotatable bonds is 7. The van der Waals surface area contributed by atoms with Crippen molar-refractivity contribution in [3.8, 4) is 0 Å². The van der Waals surface area contributed by atoms with E-state index < -0.39 is 9.84 Å². The number of benzene rings is 1. The van der Waals surface area contributed by atoms with Crippen LogP contribution in [0.4, 0.5) is 0 Å². The summed E-state index contributed by atoms with van der Waals surface area (Å²) in [6.45, 7) is 3.45. The second-order valence-corrected chi connectivity index (χ2v) is 8.81. The third kappa shape index (κ3) is 6.13. The van der Waals surface area contributed by atoms with Gasteiger partial charge in [-0.15, -0.1) is 11.3 Å². The molecular weight excluding hydrogens is 356 g/mol. The van der Waals surface area contributed by atoms with Gasteiger partial charge >= 0.3 is 0 Å². The molecule has 2 N–H and O–H groups in total. The molecule has 1 heterocycles. The molecule has 8 heteroatoms. The standard InChI is InChI=1S/C17H24N4O2S2/c1-4-14-12-20-16(24-14)9-10-19-17(18-2)21-11-13-5-7-15(8-6-13)25(3,22)23/h5-8,12H,4,9-11H2,1-3H3,(H2,18,19,21). The van der Waals surface area contributed by atoms with E-state index in [0.717, 1.165) is 30.0 Å². The minimum atomic E-state index is -3.16. The van der Waals surface area contributed by atoms with Crippen molar-refractivity contribution in [2.45, 2.75) is 31.2 Å². The van der Waals surface area contributed by atoms with Gasteiger partial charge in [-0.2, -0.15) is 0 Å². The zero-order valence-corrected chi connectivity index (χ0v) is 16.4. The summed E-state index contributed by atoms with van der Waals surface area (Å²) in [4.78, 5) is 10.2. The molecule has 0 unspecified atom stereocenters. The van der Waals surface area contributed by atoms with Crippen LogP contribution in [0.1, 0.15) is 22.4 Å². The molecular formula is C17H24N4O2S2. The van der Waals surface area contributed by atoms with Crippen LogP contribution in [0.3, 0.4) is 0 Å². The summed E-state index contributed by atoms with van der Waals surface area (Å²) in [7, 11) is -1.43. The fraction of sp³-hybridized carbons (Fsp3) is 0.412. The minimum Gasteiger partial charge on any atom is -0.356 e. The van der Waals surface area contributed by atoms with Crippen LogP contribution < -0.4 is 10.6 Å². The van der Waals surface area contributed by atoms with Gasteiger partial charge in [-0.3, -0.25) is 4.99 Å². The van der Waals surface area contributed by atoms with E-state index in [0.29, 0.717) is 17.4 Å². The summed E-state index contributed by atoms with van der Waals surface area (Å²) in [5, 5.41) is 7.60. The molecule has 1 aromatic carbocycles. The zero-order valence-electron chi connectivity index (χ0n) is 14.7. The molecule has 1 aromatic heterocycles. The quantitative estimate of drug-likeness (QED) is 0.567. The largest absolute Gasteiger partial charge is 0.356 e. The van der Waals surface area contributed by atoms with Crippen LogP contribution in [0.25, 0.3) is 0 Å². The summed E-state index contributed by atoms with van der Waals surface area (Å²) in [6, 6.07) is 6.85. The SMILES string of the molecule is CCc1cnc(CCNC(=NC)NCc2ccc(S(C)(=O)=O)cc2)s1. The first-order chi connectivity index (χ1) is 11.9. The molecule has 0 atom stereocenters. The molecule has 0 radical (unpaired) electrons. The normalized spacial score (nSPS) is 12.2. The average molecular weight is 381 g/mol. The maximum Gasteiger partial charge on any atom is 0.191 e. The van der Waals surface area contributed by atoms with E-state index in [1.807, 2.05) is 6.20 Å². The molecule has 136 valence electrons. The van der Waals surface area contributed by atoms with Crippen molar-refractivity contribution in [3.05, 3.63) is 45.9 Å². The zero-order chi connectivity index (χ0) is 18.3. The summed E-state index contributed by atoms with van der Waals surface area (Å²) in [5.41, 5.74) is 0.989. The molecule has 0 saturated carbocycles. The van der Waals surface area contributed by atoms with Gasteiger partial charge in [-0.05, 0) is 24.1 Å². The summed E-state index contributed by atoms with van der Waals surface area (Å²) < 4.78 is 22.9. The topological polar surface area (TPSA) is 83.4 Å². The average Bonchev–Trinajstić information content (AvgIpc) is 3.05. The smallest absolute Gasteiger partial charge is 0.191 e. The van der Waals surface area contributed by atoms with Crippen molar-refractivity contribution in [1.29, 1.82) is 0 Å². The Labute approximate surface area is 153 Å². The highest BCUT2D eigenvalue weighted by Crippen LogP contribution is 2.13. The molecule has 6 nitrogen and oxygen atoms in total. The Kier molecular flexibility index (Phi) is 6.95. The highest BCUT2D eigenvalue weighted by atomic mass is 32.2. The Morgan fingerprint density at radius 1 is 1.24 bits per heavy atom. The number of nitrogens with one attached hydrogen (secondary N) is 2. The first-order valence-corrected chi connectivity index (χ1v) is 10.8. The van der Waals surface area contributed by atoms with Gasteiger partial charge in [0.2, 0.25) is 0 Å². The van der Waals surface area contributed by atoms with E-state index in [9.17, 15) is 8.42 Å². The fourth-order valence-electron chi connectivity index (χ4n) is 2.18. The van der Waals surface area contributed by atoms with Gasteiger partial charge < -0.3 is 10.6 Å². The lowest BCUT2D eigenvalue weighted by Crippen LogP contribution is -2.37. The van der Waals surface area contributed by atoms with Crippen molar-refractivity contribution < 1.29 is 8.42 Å². The number of thiazole rings is 1. The lowest BCUT2D eigenvalue weighted by molar-refractivity contribution is 0.602. The van der Waals surface area contributed by atoms with Crippen LogP contribution >= 0.6 is 11.3 Å². The van der Waals surface area contributed by atoms with Crippen molar-refractivity contribution in [2.75, 3.05) is 19.8 Å². The number of aromatic nitrogens is 1. The molecule has 0 saturated heterocycles. The van der Waals surface area contributed by atoms with Crippen LogP contribution in [0.2, 0.25) is 0 Å². The van der Waals surface area contributed by atoms with Crippen LogP contribution in [0, 0.1) is 0 Å². The molecule has 25 heavy (non-hydrogen) atoms. The highest BCUT2D eigenvalue weighted by molar-refractivity contribution is 7.90. The third-order valence-corrected chi connectivity index (χ3v) is 5.95. The highest BCUT2D eigenvalue weighted by Gasteiger charge is 2.06. The lowest BCUT2D eigenvalue weighted by Gasteiger charge is -2.11. The van der Waals surface area contributed by atoms with Gasteiger partial charge in [0.1, 0.15) is 0 Å². The Morgan fingerprint density at radius 2 is 1.96 bits per heavy atom. The number of aliphatic imine (C=N–C) groups is 1. The first kappa shape index (κ1) is 19.4. The lowest BCUT2D eigenvalue weighted by atomic mass is 10.2. The van der Waals surface area contributed by atoms with Crippen molar-refractivity contribution in [2.24, 2.45) is 4.99 Å². The Bertz CT molecular complexity index is 811. The van der Waals surface area contributed by atoms with E-state index in [-0.39, 0.29) is 0 Å². The number of nitrogens with zero attached hydrogens (tertiary/aromatic N) is 2. The van der Waals surface area contributed by atoms with E-state index in [1.165, 1.54) is 11.1 Å². The second-order valence-electron chi connectivity index (χ2n) is 5.59. The molecule has 0 aliphatic heterocycles. The van der Waals surface area contributed by atoms with Crippen molar-refractivity contribution >= 4 is 27.1 Å². The van der Waals surface area contributed by atoms with Gasteiger partial charge in [0.05, 0.1) is 9.90 Å². The maximum atomic E-state index is 11.5. The van der Waals surface area contributed by atoms with Crippen molar-refractivity contribution in [3.63, 3.8) is 0 Å². The molecule has 2 rings (SSSR count). The number of hydrogen-bond donors (Lipinski definition) is 2. The number of guanidine groups is 1. The molecule has 0 aliphatic carbocycles. The van der Waals surface area contributed by atoms with Crippen LogP contribution in [0.5, 0.6) is 0 Å². The minimum absolute atomic E-state index is 0.327. The molecule has 0 spiro atoms. The van der Waals surface area contributed by atoms with Gasteiger partial charge in [0.15, 0.2) is 15.8 Å². The number of hydrogen-bond acceptors (Lipinski definition) is 5. The first-order valence-electron chi connectivity index (χ1n) is 8.09. The molecule has 0 fully saturated rings. The van der Waals surface area contributed by atoms with E-state index in [4.69, 9.17) is 0 Å². The van der Waals surface area contributed by atoms with Gasteiger partial charge in [-0.25, -0.2) is 13.4 Å². The summed E-state index contributed by atoms with van der Waals surface area (Å²) in [5.74, 6) is 0.708. The van der Waals surface area contributed by atoms with Crippen LogP contribution in [-0.2, 0) is 29.2 Å². The predicted molar refractivity (Wildman–Crippen MR) is 103 cm³/mol. The van der Waals surface area contributed by atoms with Crippen molar-refractivity contribution in [1.82, 2.24) is 15.6 Å². The molecule has 0 amide bonds. The van der Waals surface area contributed by atoms with E-state index in [1.54, 1.807) is 42.6 Å². The summed E-state index contributed by atoms with van der Waals surface area (Å²) in [6.07, 6.45) is 5.02. The van der Waals surface area contributed by atoms with Gasteiger partial charge in [-0.1, -0.05) is 19.1 Å². The third-order valence-electron chi connectivity index (χ3n) is 3.62. The summed E-state index contributed by atoms with van der Waals surface area (Å²) >= 11 is 1.75. The maximum absolute atomic E-state index is 11.5. The van der Waals surface area contributed by atoms with Crippen LogP contribution in [0.15, 0.2) is 40.4 Å². The van der Waals surface area contributed by atoms with Gasteiger partial charge in [0, 0.05) is 43.9 Å². The molecule has 2 aromatic rings. The molecule has 0 aliphatic rings. The Hall–Kier alpha value is -1.93. The number of sulfone groups is 1. The monoisotopic (exact) mass is 380 g/mol. The second kappa shape index (κ2) is 8.96. The Balaban J connectivity index is 1.80. The van der Waals surface area contributed by atoms with E-state index in [2.05, 4.69) is 27.5 Å². The Morgan fingerprint density at radius 3 is 2.52 bits per heavy atom.